The number of carbonyl (C=O) groups excluding carboxylic acids is 1. The smallest absolute Gasteiger partial charge is 0.326 e. The largest absolute Gasteiger partial charge is 0.480 e. The number of nitrogens with one attached hydrogen (secondary N) is 1. The molecule has 1 heterocycles. The van der Waals surface area contributed by atoms with Crippen molar-refractivity contribution in [3.8, 4) is 0 Å². The summed E-state index contributed by atoms with van der Waals surface area (Å²) < 4.78 is 1.80. The fraction of sp³-hybridized carbons (Fsp3) is 0.667. The van der Waals surface area contributed by atoms with E-state index in [0.717, 1.165) is 29.8 Å². The molecule has 0 aliphatic heterocycles. The summed E-state index contributed by atoms with van der Waals surface area (Å²) in [4.78, 5) is 23.1. The maximum Gasteiger partial charge on any atom is 0.326 e. The predicted molar refractivity (Wildman–Crippen MR) is 77.9 cm³/mol. The molecule has 21 heavy (non-hydrogen) atoms. The van der Waals surface area contributed by atoms with Crippen molar-refractivity contribution in [1.82, 2.24) is 15.1 Å². The van der Waals surface area contributed by atoms with Gasteiger partial charge in [-0.1, -0.05) is 12.8 Å². The van der Waals surface area contributed by atoms with Gasteiger partial charge < -0.3 is 10.4 Å². The van der Waals surface area contributed by atoms with E-state index in [1.165, 1.54) is 0 Å². The molecule has 0 spiro atoms. The molecular weight excluding hydrogens is 270 g/mol. The van der Waals surface area contributed by atoms with Gasteiger partial charge in [-0.25, -0.2) is 4.79 Å². The molecule has 1 aliphatic carbocycles. The van der Waals surface area contributed by atoms with Crippen molar-refractivity contribution in [3.63, 3.8) is 0 Å². The van der Waals surface area contributed by atoms with Gasteiger partial charge in [-0.05, 0) is 38.2 Å². The summed E-state index contributed by atoms with van der Waals surface area (Å²) in [7, 11) is 1.88. The van der Waals surface area contributed by atoms with Crippen LogP contribution in [-0.4, -0.2) is 32.8 Å². The first-order valence-electron chi connectivity index (χ1n) is 7.39. The van der Waals surface area contributed by atoms with Gasteiger partial charge in [-0.3, -0.25) is 9.48 Å². The number of nitrogens with zero attached hydrogens (tertiary/aromatic N) is 2. The van der Waals surface area contributed by atoms with E-state index >= 15 is 0 Å². The monoisotopic (exact) mass is 293 g/mol. The van der Waals surface area contributed by atoms with Crippen molar-refractivity contribution in [3.05, 3.63) is 17.0 Å². The van der Waals surface area contributed by atoms with E-state index in [2.05, 4.69) is 10.4 Å². The number of hydrogen-bond donors (Lipinski definition) is 2. The molecule has 1 unspecified atom stereocenters. The molecule has 2 N–H and O–H groups in total. The van der Waals surface area contributed by atoms with Crippen LogP contribution in [0.1, 0.15) is 42.6 Å². The highest BCUT2D eigenvalue weighted by Gasteiger charge is 2.30. The Balaban J connectivity index is 1.87. The van der Waals surface area contributed by atoms with Gasteiger partial charge in [0.1, 0.15) is 6.04 Å². The lowest BCUT2D eigenvalue weighted by Crippen LogP contribution is -2.41. The standard InChI is InChI=1S/C15H23N3O3/c1-9-12(10(2)18(3)17-9)6-7-14(19)16-13(15(20)21)8-11-4-5-11/h11,13H,4-8H2,1-3H3,(H,16,19)(H,20,21). The molecule has 0 saturated heterocycles. The second-order valence-electron chi connectivity index (χ2n) is 5.91. The zero-order valence-electron chi connectivity index (χ0n) is 12.8. The number of rotatable bonds is 7. The summed E-state index contributed by atoms with van der Waals surface area (Å²) in [6, 6.07) is -0.749. The summed E-state index contributed by atoms with van der Waals surface area (Å²) in [5.74, 6) is -0.677. The van der Waals surface area contributed by atoms with Crippen LogP contribution in [0.25, 0.3) is 0 Å². The van der Waals surface area contributed by atoms with Crippen LogP contribution < -0.4 is 5.32 Å². The fourth-order valence-electron chi connectivity index (χ4n) is 2.59. The lowest BCUT2D eigenvalue weighted by atomic mass is 10.1. The van der Waals surface area contributed by atoms with Crippen LogP contribution in [-0.2, 0) is 23.1 Å². The van der Waals surface area contributed by atoms with Crippen molar-refractivity contribution < 1.29 is 14.7 Å². The maximum absolute atomic E-state index is 12.0. The second-order valence-corrected chi connectivity index (χ2v) is 5.91. The highest BCUT2D eigenvalue weighted by molar-refractivity contribution is 5.83. The summed E-state index contributed by atoms with van der Waals surface area (Å²) >= 11 is 0. The summed E-state index contributed by atoms with van der Waals surface area (Å²) in [5.41, 5.74) is 3.05. The molecule has 1 fully saturated rings. The van der Waals surface area contributed by atoms with Crippen LogP contribution in [0.5, 0.6) is 0 Å². The van der Waals surface area contributed by atoms with Gasteiger partial charge in [-0.2, -0.15) is 5.10 Å². The number of aryl methyl sites for hydroxylation is 2. The highest BCUT2D eigenvalue weighted by Crippen LogP contribution is 2.33. The van der Waals surface area contributed by atoms with E-state index in [9.17, 15) is 9.59 Å². The quantitative estimate of drug-likeness (QED) is 0.794. The number of aliphatic carboxylic acids is 1. The SMILES string of the molecule is Cc1nn(C)c(C)c1CCC(=O)NC(CC1CC1)C(=O)O. The molecule has 0 bridgehead atoms. The Morgan fingerprint density at radius 1 is 1.43 bits per heavy atom. The Morgan fingerprint density at radius 2 is 2.10 bits per heavy atom. The Hall–Kier alpha value is -1.85. The number of carboxylic acid groups (broad SMARTS) is 1. The third kappa shape index (κ3) is 4.06. The number of aromatic nitrogens is 2. The highest BCUT2D eigenvalue weighted by atomic mass is 16.4. The zero-order chi connectivity index (χ0) is 15.6. The van der Waals surface area contributed by atoms with Crippen LogP contribution in [0.15, 0.2) is 0 Å². The average molecular weight is 293 g/mol. The molecule has 116 valence electrons. The van der Waals surface area contributed by atoms with Gasteiger partial charge in [0.25, 0.3) is 0 Å². The van der Waals surface area contributed by atoms with E-state index in [1.54, 1.807) is 4.68 Å². The summed E-state index contributed by atoms with van der Waals surface area (Å²) in [5, 5.41) is 16.1. The first-order chi connectivity index (χ1) is 9.88. The molecular formula is C15H23N3O3. The van der Waals surface area contributed by atoms with E-state index in [0.29, 0.717) is 25.2 Å². The molecule has 2 rings (SSSR count). The number of carboxylic acids is 1. The van der Waals surface area contributed by atoms with Crippen LogP contribution in [0.3, 0.4) is 0 Å². The Bertz CT molecular complexity index is 547. The minimum absolute atomic E-state index is 0.203. The lowest BCUT2D eigenvalue weighted by Gasteiger charge is -2.14. The molecule has 6 heteroatoms. The topological polar surface area (TPSA) is 84.2 Å². The van der Waals surface area contributed by atoms with E-state index in [1.807, 2.05) is 20.9 Å². The van der Waals surface area contributed by atoms with Crippen LogP contribution >= 0.6 is 0 Å². The molecule has 1 amide bonds. The number of amides is 1. The summed E-state index contributed by atoms with van der Waals surface area (Å²) in [6.45, 7) is 3.90. The number of carbonyl (C=O) groups is 2. The number of hydrogen-bond acceptors (Lipinski definition) is 3. The molecule has 1 aromatic rings. The van der Waals surface area contributed by atoms with Gasteiger partial charge in [0.2, 0.25) is 5.91 Å². The van der Waals surface area contributed by atoms with Gasteiger partial charge in [0, 0.05) is 19.2 Å². The van der Waals surface area contributed by atoms with Gasteiger partial charge in [0.05, 0.1) is 5.69 Å². The molecule has 0 aromatic carbocycles. The third-order valence-corrected chi connectivity index (χ3v) is 4.16. The first kappa shape index (κ1) is 15.5. The minimum Gasteiger partial charge on any atom is -0.480 e. The van der Waals surface area contributed by atoms with E-state index in [-0.39, 0.29) is 5.91 Å². The lowest BCUT2D eigenvalue weighted by molar-refractivity contribution is -0.142. The van der Waals surface area contributed by atoms with Crippen molar-refractivity contribution in [2.24, 2.45) is 13.0 Å². The van der Waals surface area contributed by atoms with Gasteiger partial charge >= 0.3 is 5.97 Å². The fourth-order valence-corrected chi connectivity index (χ4v) is 2.59. The van der Waals surface area contributed by atoms with Crippen molar-refractivity contribution in [1.29, 1.82) is 0 Å². The van der Waals surface area contributed by atoms with Crippen LogP contribution in [0.4, 0.5) is 0 Å². The zero-order valence-corrected chi connectivity index (χ0v) is 12.8. The first-order valence-corrected chi connectivity index (χ1v) is 7.39. The van der Waals surface area contributed by atoms with E-state index < -0.39 is 12.0 Å². The second kappa shape index (κ2) is 6.28. The summed E-state index contributed by atoms with van der Waals surface area (Å²) in [6.07, 6.45) is 3.59. The predicted octanol–water partition coefficient (Wildman–Crippen LogP) is 1.34. The van der Waals surface area contributed by atoms with Crippen LogP contribution in [0, 0.1) is 19.8 Å². The molecule has 6 nitrogen and oxygen atoms in total. The van der Waals surface area contributed by atoms with Crippen molar-refractivity contribution in [2.75, 3.05) is 0 Å². The molecule has 1 atom stereocenters. The molecule has 1 aliphatic rings. The van der Waals surface area contributed by atoms with Crippen molar-refractivity contribution >= 4 is 11.9 Å². The van der Waals surface area contributed by atoms with Gasteiger partial charge in [0.15, 0.2) is 0 Å². The average Bonchev–Trinajstić information content (AvgIpc) is 3.17. The maximum atomic E-state index is 12.0. The molecule has 0 radical (unpaired) electrons. The molecule has 1 saturated carbocycles. The third-order valence-electron chi connectivity index (χ3n) is 4.16. The molecule has 1 aromatic heterocycles. The Morgan fingerprint density at radius 3 is 2.57 bits per heavy atom. The van der Waals surface area contributed by atoms with Crippen LogP contribution in [0.2, 0.25) is 0 Å². The normalized spacial score (nSPS) is 15.8. The van der Waals surface area contributed by atoms with E-state index in [4.69, 9.17) is 5.11 Å². The minimum atomic E-state index is -0.941. The van der Waals surface area contributed by atoms with Gasteiger partial charge in [-0.15, -0.1) is 0 Å². The Kier molecular flexibility index (Phi) is 4.65. The Labute approximate surface area is 124 Å². The van der Waals surface area contributed by atoms with Crippen molar-refractivity contribution in [2.45, 2.75) is 52.0 Å².